The van der Waals surface area contributed by atoms with E-state index < -0.39 is 0 Å². The highest BCUT2D eigenvalue weighted by atomic mass is 15.0. The van der Waals surface area contributed by atoms with E-state index >= 15 is 0 Å². The predicted molar refractivity (Wildman–Crippen MR) is 83.4 cm³/mol. The normalized spacial score (nSPS) is 38.6. The molecule has 1 aromatic rings. The van der Waals surface area contributed by atoms with Crippen molar-refractivity contribution in [2.45, 2.75) is 58.0 Å². The lowest BCUT2D eigenvalue weighted by molar-refractivity contribution is -0.0706. The summed E-state index contributed by atoms with van der Waals surface area (Å²) in [6.45, 7) is 3.24. The smallest absolute Gasteiger partial charge is 0.219 e. The van der Waals surface area contributed by atoms with E-state index in [-0.39, 0.29) is 0 Å². The SMILES string of the molecule is C[C@@H](NCc1cnc(N)nc1)C12CC3CC(CC(C3)C1)C2. The van der Waals surface area contributed by atoms with Crippen LogP contribution in [0, 0.1) is 23.2 Å². The van der Waals surface area contributed by atoms with Gasteiger partial charge in [-0.25, -0.2) is 9.97 Å². The standard InChI is InChI=1S/C17H26N4/c1-11(19-8-15-9-20-16(18)21-10-15)17-5-12-2-13(6-17)4-14(3-12)7-17/h9-14,19H,2-8H2,1H3,(H2,18,20,21)/t11-,12?,13?,14?,17?/m1/s1. The van der Waals surface area contributed by atoms with Crippen LogP contribution in [-0.2, 0) is 6.54 Å². The van der Waals surface area contributed by atoms with Crippen LogP contribution in [0.5, 0.6) is 0 Å². The van der Waals surface area contributed by atoms with E-state index in [2.05, 4.69) is 22.2 Å². The molecule has 114 valence electrons. The molecule has 4 fully saturated rings. The van der Waals surface area contributed by atoms with Gasteiger partial charge in [-0.1, -0.05) is 0 Å². The quantitative estimate of drug-likeness (QED) is 0.893. The maximum absolute atomic E-state index is 5.54. The Kier molecular flexibility index (Phi) is 3.18. The van der Waals surface area contributed by atoms with Crippen LogP contribution in [-0.4, -0.2) is 16.0 Å². The minimum atomic E-state index is 0.355. The van der Waals surface area contributed by atoms with Crippen LogP contribution < -0.4 is 11.1 Å². The van der Waals surface area contributed by atoms with Gasteiger partial charge in [-0.2, -0.15) is 0 Å². The monoisotopic (exact) mass is 286 g/mol. The first-order chi connectivity index (χ1) is 10.1. The van der Waals surface area contributed by atoms with Crippen LogP contribution in [0.4, 0.5) is 5.95 Å². The zero-order chi connectivity index (χ0) is 14.4. The Bertz CT molecular complexity index is 475. The van der Waals surface area contributed by atoms with Gasteiger partial charge in [0.05, 0.1) is 0 Å². The van der Waals surface area contributed by atoms with Gasteiger partial charge in [-0.05, 0) is 68.6 Å². The third kappa shape index (κ3) is 2.44. The van der Waals surface area contributed by atoms with Gasteiger partial charge < -0.3 is 11.1 Å². The van der Waals surface area contributed by atoms with Crippen molar-refractivity contribution in [3.05, 3.63) is 18.0 Å². The molecule has 0 unspecified atom stereocenters. The molecule has 4 bridgehead atoms. The Hall–Kier alpha value is -1.16. The topological polar surface area (TPSA) is 63.8 Å². The van der Waals surface area contributed by atoms with E-state index in [1.165, 1.54) is 38.5 Å². The molecule has 0 spiro atoms. The molecular formula is C17H26N4. The van der Waals surface area contributed by atoms with Gasteiger partial charge in [0.15, 0.2) is 0 Å². The first kappa shape index (κ1) is 13.5. The highest BCUT2D eigenvalue weighted by Crippen LogP contribution is 2.61. The molecule has 1 atom stereocenters. The van der Waals surface area contributed by atoms with Crippen LogP contribution in [0.2, 0.25) is 0 Å². The minimum absolute atomic E-state index is 0.355. The number of hydrogen-bond acceptors (Lipinski definition) is 4. The first-order valence-corrected chi connectivity index (χ1v) is 8.43. The Balaban J connectivity index is 1.42. The molecule has 4 aliphatic carbocycles. The van der Waals surface area contributed by atoms with E-state index in [0.29, 0.717) is 17.4 Å². The summed E-state index contributed by atoms with van der Waals surface area (Å²) in [6, 6.07) is 0.587. The van der Waals surface area contributed by atoms with Gasteiger partial charge >= 0.3 is 0 Å². The minimum Gasteiger partial charge on any atom is -0.368 e. The number of nitrogen functional groups attached to an aromatic ring is 1. The van der Waals surface area contributed by atoms with Crippen LogP contribution in [0.3, 0.4) is 0 Å². The molecule has 1 heterocycles. The largest absolute Gasteiger partial charge is 0.368 e. The van der Waals surface area contributed by atoms with Crippen LogP contribution in [0.15, 0.2) is 12.4 Å². The summed E-state index contributed by atoms with van der Waals surface area (Å²) in [5.41, 5.74) is 7.23. The highest BCUT2D eigenvalue weighted by molar-refractivity contribution is 5.17. The molecule has 4 saturated carbocycles. The molecule has 3 N–H and O–H groups in total. The third-order valence-electron chi connectivity index (χ3n) is 6.34. The van der Waals surface area contributed by atoms with Crippen molar-refractivity contribution in [1.82, 2.24) is 15.3 Å². The molecule has 0 saturated heterocycles. The van der Waals surface area contributed by atoms with Crippen molar-refractivity contribution in [1.29, 1.82) is 0 Å². The van der Waals surface area contributed by atoms with Gasteiger partial charge in [-0.3, -0.25) is 0 Å². The zero-order valence-corrected chi connectivity index (χ0v) is 12.9. The van der Waals surface area contributed by atoms with Gasteiger partial charge in [-0.15, -0.1) is 0 Å². The molecule has 0 aliphatic heterocycles. The zero-order valence-electron chi connectivity index (χ0n) is 12.9. The van der Waals surface area contributed by atoms with Crippen molar-refractivity contribution >= 4 is 5.95 Å². The second-order valence-electron chi connectivity index (χ2n) is 7.83. The lowest BCUT2D eigenvalue weighted by Crippen LogP contribution is -2.54. The summed E-state index contributed by atoms with van der Waals surface area (Å²) < 4.78 is 0. The van der Waals surface area contributed by atoms with Crippen LogP contribution in [0.25, 0.3) is 0 Å². The number of nitrogens with zero attached hydrogens (tertiary/aromatic N) is 2. The lowest BCUT2D eigenvalue weighted by Gasteiger charge is -2.59. The summed E-state index contributed by atoms with van der Waals surface area (Å²) in [4.78, 5) is 8.15. The van der Waals surface area contributed by atoms with Crippen molar-refractivity contribution in [2.75, 3.05) is 5.73 Å². The fourth-order valence-corrected chi connectivity index (χ4v) is 5.65. The number of nitrogens with two attached hydrogens (primary N) is 1. The molecule has 0 amide bonds. The maximum Gasteiger partial charge on any atom is 0.219 e. The fourth-order valence-electron chi connectivity index (χ4n) is 5.65. The Morgan fingerprint density at radius 1 is 1.14 bits per heavy atom. The third-order valence-corrected chi connectivity index (χ3v) is 6.34. The summed E-state index contributed by atoms with van der Waals surface area (Å²) >= 11 is 0. The highest BCUT2D eigenvalue weighted by Gasteiger charge is 2.52. The summed E-state index contributed by atoms with van der Waals surface area (Å²) in [6.07, 6.45) is 12.6. The molecule has 4 heteroatoms. The molecule has 4 nitrogen and oxygen atoms in total. The Morgan fingerprint density at radius 2 is 1.67 bits per heavy atom. The van der Waals surface area contributed by atoms with E-state index in [1.807, 2.05) is 12.4 Å². The molecule has 0 aromatic carbocycles. The van der Waals surface area contributed by atoms with E-state index in [0.717, 1.165) is 29.9 Å². The van der Waals surface area contributed by atoms with Crippen LogP contribution >= 0.6 is 0 Å². The number of rotatable bonds is 4. The fraction of sp³-hybridized carbons (Fsp3) is 0.765. The second-order valence-corrected chi connectivity index (χ2v) is 7.83. The molecule has 4 aliphatic rings. The molecule has 21 heavy (non-hydrogen) atoms. The van der Waals surface area contributed by atoms with Crippen molar-refractivity contribution in [3.8, 4) is 0 Å². The first-order valence-electron chi connectivity index (χ1n) is 8.43. The van der Waals surface area contributed by atoms with Crippen molar-refractivity contribution in [2.24, 2.45) is 23.2 Å². The maximum atomic E-state index is 5.54. The van der Waals surface area contributed by atoms with E-state index in [1.54, 1.807) is 0 Å². The van der Waals surface area contributed by atoms with E-state index in [9.17, 15) is 0 Å². The Labute approximate surface area is 126 Å². The van der Waals surface area contributed by atoms with Gasteiger partial charge in [0.25, 0.3) is 0 Å². The summed E-state index contributed by atoms with van der Waals surface area (Å²) in [7, 11) is 0. The van der Waals surface area contributed by atoms with Gasteiger partial charge in [0, 0.05) is 30.5 Å². The second kappa shape index (κ2) is 4.94. The molecule has 0 radical (unpaired) electrons. The van der Waals surface area contributed by atoms with E-state index in [4.69, 9.17) is 5.73 Å². The van der Waals surface area contributed by atoms with Crippen LogP contribution in [0.1, 0.15) is 51.0 Å². The predicted octanol–water partition coefficient (Wildman–Crippen LogP) is 2.75. The summed E-state index contributed by atoms with van der Waals surface area (Å²) in [5.74, 6) is 3.40. The average molecular weight is 286 g/mol. The number of nitrogens with one attached hydrogen (secondary N) is 1. The molecule has 1 aromatic heterocycles. The van der Waals surface area contributed by atoms with Gasteiger partial charge in [0.2, 0.25) is 5.95 Å². The lowest BCUT2D eigenvalue weighted by atomic mass is 9.48. The number of aromatic nitrogens is 2. The molecule has 5 rings (SSSR count). The summed E-state index contributed by atoms with van der Waals surface area (Å²) in [5, 5.41) is 3.75. The van der Waals surface area contributed by atoms with Crippen molar-refractivity contribution < 1.29 is 0 Å². The van der Waals surface area contributed by atoms with Crippen molar-refractivity contribution in [3.63, 3.8) is 0 Å². The van der Waals surface area contributed by atoms with Gasteiger partial charge in [0.1, 0.15) is 0 Å². The average Bonchev–Trinajstić information content (AvgIpc) is 2.45. The number of hydrogen-bond donors (Lipinski definition) is 2. The Morgan fingerprint density at radius 3 is 2.19 bits per heavy atom. The number of anilines is 1. The molecular weight excluding hydrogens is 260 g/mol.